The number of hydrogen-bond acceptors (Lipinski definition) is 4. The number of amides is 2. The summed E-state index contributed by atoms with van der Waals surface area (Å²) in [5.74, 6) is -1.70. The Bertz CT molecular complexity index is 852. The summed E-state index contributed by atoms with van der Waals surface area (Å²) in [6.45, 7) is 2.80. The Morgan fingerprint density at radius 3 is 2.54 bits per heavy atom. The largest absolute Gasteiger partial charge is 0.444 e. The van der Waals surface area contributed by atoms with Crippen molar-refractivity contribution in [1.29, 1.82) is 0 Å². The van der Waals surface area contributed by atoms with E-state index in [0.717, 1.165) is 5.56 Å². The van der Waals surface area contributed by atoms with E-state index in [1.807, 2.05) is 0 Å². The van der Waals surface area contributed by atoms with Gasteiger partial charge in [-0.05, 0) is 37.6 Å². The maximum atomic E-state index is 12.0. The van der Waals surface area contributed by atoms with E-state index in [0.29, 0.717) is 5.02 Å². The molecule has 24 heavy (non-hydrogen) atoms. The smallest absolute Gasteiger partial charge is 0.255 e. The molecule has 0 radical (unpaired) electrons. The summed E-state index contributed by atoms with van der Waals surface area (Å²) < 4.78 is 5.30. The summed E-state index contributed by atoms with van der Waals surface area (Å²) in [7, 11) is 0. The second-order valence-electron chi connectivity index (χ2n) is 5.04. The van der Waals surface area contributed by atoms with E-state index in [2.05, 4.69) is 5.32 Å². The van der Waals surface area contributed by atoms with Gasteiger partial charge in [-0.3, -0.25) is 19.7 Å². The topological polar surface area (TPSA) is 102 Å². The molecule has 0 aliphatic carbocycles. The fraction of sp³-hybridized carbons (Fsp3) is 0.118. The lowest BCUT2D eigenvalue weighted by atomic mass is 10.1. The van der Waals surface area contributed by atoms with Gasteiger partial charge < -0.3 is 10.2 Å². The first kappa shape index (κ1) is 17.5. The van der Waals surface area contributed by atoms with Crippen molar-refractivity contribution in [2.75, 3.05) is 5.32 Å². The van der Waals surface area contributed by atoms with Gasteiger partial charge in [0.2, 0.25) is 5.88 Å². The van der Waals surface area contributed by atoms with Crippen LogP contribution in [0.4, 0.5) is 5.88 Å². The molecule has 0 bridgehead atoms. The molecular formula is C17H15ClN2O4. The molecule has 2 rings (SSSR count). The number of nitrogens with two attached hydrogens (primary N) is 1. The summed E-state index contributed by atoms with van der Waals surface area (Å²) >= 11 is 5.86. The molecule has 0 aliphatic heterocycles. The number of halogens is 1. The summed E-state index contributed by atoms with van der Waals surface area (Å²) in [6, 6.07) is 6.92. The number of benzene rings is 1. The predicted octanol–water partition coefficient (Wildman–Crippen LogP) is 3.19. The molecule has 6 nitrogen and oxygen atoms in total. The van der Waals surface area contributed by atoms with Gasteiger partial charge in [0.25, 0.3) is 11.8 Å². The highest BCUT2D eigenvalue weighted by Gasteiger charge is 2.25. The van der Waals surface area contributed by atoms with Crippen LogP contribution in [0.3, 0.4) is 0 Å². The maximum absolute atomic E-state index is 12.0. The zero-order valence-electron chi connectivity index (χ0n) is 13.1. The molecule has 1 aromatic heterocycles. The number of aryl methyl sites for hydroxylation is 1. The van der Waals surface area contributed by atoms with E-state index in [1.54, 1.807) is 30.3 Å². The normalized spacial score (nSPS) is 10.8. The highest BCUT2D eigenvalue weighted by Crippen LogP contribution is 2.27. The van der Waals surface area contributed by atoms with E-state index < -0.39 is 11.8 Å². The third-order valence-corrected chi connectivity index (χ3v) is 3.43. The van der Waals surface area contributed by atoms with Crippen LogP contribution < -0.4 is 11.1 Å². The predicted molar refractivity (Wildman–Crippen MR) is 91.1 cm³/mol. The number of furan rings is 1. The number of primary amides is 1. The van der Waals surface area contributed by atoms with Gasteiger partial charge in [-0.2, -0.15) is 0 Å². The molecule has 0 saturated carbocycles. The summed E-state index contributed by atoms with van der Waals surface area (Å²) in [4.78, 5) is 35.2. The van der Waals surface area contributed by atoms with Crippen LogP contribution in [0.1, 0.15) is 39.0 Å². The standard InChI is InChI=1S/C17H15ClN2O4/c1-9(21)14-10(2)24-17(15(14)16(19)23)20-13(22)7-6-11-4-3-5-12(18)8-11/h3-8H,1-2H3,(H2,19,23)(H,20,22)/b7-6+. The molecule has 124 valence electrons. The van der Waals surface area contributed by atoms with E-state index in [9.17, 15) is 14.4 Å². The van der Waals surface area contributed by atoms with Crippen LogP contribution >= 0.6 is 11.6 Å². The van der Waals surface area contributed by atoms with E-state index in [1.165, 1.54) is 19.9 Å². The van der Waals surface area contributed by atoms with E-state index in [4.69, 9.17) is 21.8 Å². The molecule has 0 unspecified atom stereocenters. The lowest BCUT2D eigenvalue weighted by Crippen LogP contribution is -2.18. The van der Waals surface area contributed by atoms with Gasteiger partial charge in [-0.15, -0.1) is 0 Å². The SMILES string of the molecule is CC(=O)c1c(C)oc(NC(=O)/C=C/c2cccc(Cl)c2)c1C(N)=O. The van der Waals surface area contributed by atoms with Crippen molar-refractivity contribution < 1.29 is 18.8 Å². The third-order valence-electron chi connectivity index (χ3n) is 3.20. The number of carbonyl (C=O) groups excluding carboxylic acids is 3. The van der Waals surface area contributed by atoms with Crippen LogP contribution in [0.15, 0.2) is 34.8 Å². The second kappa shape index (κ2) is 7.14. The summed E-state index contributed by atoms with van der Waals surface area (Å²) in [5.41, 5.74) is 5.95. The van der Waals surface area contributed by atoms with E-state index in [-0.39, 0.29) is 28.6 Å². The second-order valence-corrected chi connectivity index (χ2v) is 5.47. The van der Waals surface area contributed by atoms with Crippen LogP contribution in [-0.4, -0.2) is 17.6 Å². The Morgan fingerprint density at radius 2 is 1.96 bits per heavy atom. The molecule has 2 amide bonds. The molecule has 7 heteroatoms. The number of ketones is 1. The van der Waals surface area contributed by atoms with Gasteiger partial charge in [0.1, 0.15) is 11.3 Å². The average Bonchev–Trinajstić information content (AvgIpc) is 2.81. The molecule has 3 N–H and O–H groups in total. The highest BCUT2D eigenvalue weighted by molar-refractivity contribution is 6.30. The minimum absolute atomic E-state index is 0.0663. The Labute approximate surface area is 143 Å². The number of rotatable bonds is 5. The van der Waals surface area contributed by atoms with Gasteiger partial charge in [-0.25, -0.2) is 0 Å². The van der Waals surface area contributed by atoms with Gasteiger partial charge in [-0.1, -0.05) is 23.7 Å². The van der Waals surface area contributed by atoms with Crippen LogP contribution in [0, 0.1) is 6.92 Å². The maximum Gasteiger partial charge on any atom is 0.255 e. The lowest BCUT2D eigenvalue weighted by molar-refractivity contribution is -0.111. The number of Topliss-reactive ketones (excluding diaryl/α,β-unsaturated/α-hetero) is 1. The first-order valence-corrected chi connectivity index (χ1v) is 7.36. The van der Waals surface area contributed by atoms with Crippen molar-refractivity contribution >= 4 is 41.2 Å². The number of hydrogen-bond donors (Lipinski definition) is 2. The van der Waals surface area contributed by atoms with Crippen LogP contribution in [0.5, 0.6) is 0 Å². The quantitative estimate of drug-likeness (QED) is 0.641. The fourth-order valence-electron chi connectivity index (χ4n) is 2.23. The Morgan fingerprint density at radius 1 is 1.25 bits per heavy atom. The number of nitrogens with one attached hydrogen (secondary N) is 1. The molecule has 1 heterocycles. The zero-order valence-corrected chi connectivity index (χ0v) is 13.8. The molecule has 0 fully saturated rings. The van der Waals surface area contributed by atoms with Gasteiger partial charge in [0.05, 0.1) is 5.56 Å². The first-order chi connectivity index (χ1) is 11.3. The average molecular weight is 347 g/mol. The number of anilines is 1. The van der Waals surface area contributed by atoms with Crippen LogP contribution in [0.25, 0.3) is 6.08 Å². The number of carbonyl (C=O) groups is 3. The van der Waals surface area contributed by atoms with Gasteiger partial charge in [0.15, 0.2) is 5.78 Å². The zero-order chi connectivity index (χ0) is 17.9. The van der Waals surface area contributed by atoms with Crippen molar-refractivity contribution in [2.24, 2.45) is 5.73 Å². The molecule has 0 aliphatic rings. The van der Waals surface area contributed by atoms with Crippen molar-refractivity contribution in [3.05, 3.63) is 57.8 Å². The van der Waals surface area contributed by atoms with E-state index >= 15 is 0 Å². The van der Waals surface area contributed by atoms with Crippen molar-refractivity contribution in [1.82, 2.24) is 0 Å². The molecule has 0 saturated heterocycles. The molecule has 0 spiro atoms. The minimum Gasteiger partial charge on any atom is -0.444 e. The van der Waals surface area contributed by atoms with Crippen molar-refractivity contribution in [3.8, 4) is 0 Å². The Hall–Kier alpha value is -2.86. The molecular weight excluding hydrogens is 332 g/mol. The minimum atomic E-state index is -0.855. The highest BCUT2D eigenvalue weighted by atomic mass is 35.5. The summed E-state index contributed by atoms with van der Waals surface area (Å²) in [5, 5.41) is 2.96. The molecule has 0 atom stereocenters. The third kappa shape index (κ3) is 3.91. The summed E-state index contributed by atoms with van der Waals surface area (Å²) in [6.07, 6.45) is 2.80. The van der Waals surface area contributed by atoms with Crippen LogP contribution in [0.2, 0.25) is 5.02 Å². The Balaban J connectivity index is 2.25. The van der Waals surface area contributed by atoms with Gasteiger partial charge >= 0.3 is 0 Å². The molecule has 2 aromatic rings. The van der Waals surface area contributed by atoms with Crippen molar-refractivity contribution in [3.63, 3.8) is 0 Å². The Kier molecular flexibility index (Phi) is 5.21. The molecule has 1 aromatic carbocycles. The first-order valence-electron chi connectivity index (χ1n) is 6.98. The van der Waals surface area contributed by atoms with Gasteiger partial charge in [0, 0.05) is 11.1 Å². The fourth-order valence-corrected chi connectivity index (χ4v) is 2.43. The monoisotopic (exact) mass is 346 g/mol. The van der Waals surface area contributed by atoms with Crippen LogP contribution in [-0.2, 0) is 4.79 Å². The van der Waals surface area contributed by atoms with Crippen molar-refractivity contribution in [2.45, 2.75) is 13.8 Å². The lowest BCUT2D eigenvalue weighted by Gasteiger charge is -2.01.